The molecular formula is C15H21N3O. The topological polar surface area (TPSA) is 30.3 Å². The highest BCUT2D eigenvalue weighted by atomic mass is 16.7. The lowest BCUT2D eigenvalue weighted by molar-refractivity contribution is 0.104. The monoisotopic (exact) mass is 259 g/mol. The van der Waals surface area contributed by atoms with E-state index >= 15 is 0 Å². The number of imidazole rings is 1. The van der Waals surface area contributed by atoms with Crippen molar-refractivity contribution in [3.63, 3.8) is 0 Å². The van der Waals surface area contributed by atoms with E-state index in [1.54, 1.807) is 11.1 Å². The van der Waals surface area contributed by atoms with Crippen molar-refractivity contribution in [1.82, 2.24) is 14.6 Å². The minimum absolute atomic E-state index is 0.747. The van der Waals surface area contributed by atoms with Crippen molar-refractivity contribution in [2.45, 2.75) is 25.7 Å². The van der Waals surface area contributed by atoms with E-state index in [9.17, 15) is 0 Å². The zero-order chi connectivity index (χ0) is 12.9. The molecule has 102 valence electrons. The molecule has 0 amide bonds. The molecule has 0 radical (unpaired) electrons. The van der Waals surface area contributed by atoms with E-state index < -0.39 is 0 Å². The summed E-state index contributed by atoms with van der Waals surface area (Å²) in [4.78, 5) is 12.6. The average Bonchev–Trinajstić information content (AvgIpc) is 2.88. The van der Waals surface area contributed by atoms with Crippen molar-refractivity contribution in [3.8, 4) is 0 Å². The van der Waals surface area contributed by atoms with E-state index in [4.69, 9.17) is 4.84 Å². The zero-order valence-corrected chi connectivity index (χ0v) is 11.3. The van der Waals surface area contributed by atoms with Crippen molar-refractivity contribution in [3.05, 3.63) is 30.6 Å². The van der Waals surface area contributed by atoms with Crippen LogP contribution in [0.4, 0.5) is 0 Å². The third kappa shape index (κ3) is 3.07. The highest BCUT2D eigenvalue weighted by Gasteiger charge is 2.09. The molecule has 1 fully saturated rings. The molecule has 3 rings (SSSR count). The van der Waals surface area contributed by atoms with Crippen LogP contribution in [-0.2, 0) is 0 Å². The molecule has 1 aliphatic rings. The van der Waals surface area contributed by atoms with Gasteiger partial charge in [-0.2, -0.15) is 4.73 Å². The number of para-hydroxylation sites is 2. The Balaban J connectivity index is 1.47. The van der Waals surface area contributed by atoms with E-state index in [-0.39, 0.29) is 0 Å². The number of piperidine rings is 1. The van der Waals surface area contributed by atoms with Crippen LogP contribution in [0.2, 0.25) is 0 Å². The largest absolute Gasteiger partial charge is 0.412 e. The van der Waals surface area contributed by atoms with Crippen molar-refractivity contribution in [2.24, 2.45) is 0 Å². The summed E-state index contributed by atoms with van der Waals surface area (Å²) in [5, 5.41) is 0. The number of rotatable bonds is 5. The van der Waals surface area contributed by atoms with Crippen LogP contribution in [0.5, 0.6) is 0 Å². The van der Waals surface area contributed by atoms with Gasteiger partial charge in [0.1, 0.15) is 18.5 Å². The number of likely N-dealkylation sites (tertiary alicyclic amines) is 1. The molecule has 19 heavy (non-hydrogen) atoms. The molecular weight excluding hydrogens is 238 g/mol. The van der Waals surface area contributed by atoms with Crippen LogP contribution in [0.15, 0.2) is 30.6 Å². The fraction of sp³-hybridized carbons (Fsp3) is 0.533. The van der Waals surface area contributed by atoms with Gasteiger partial charge in [-0.25, -0.2) is 4.98 Å². The predicted octanol–water partition coefficient (Wildman–Crippen LogP) is 2.34. The van der Waals surface area contributed by atoms with Crippen molar-refractivity contribution >= 4 is 11.0 Å². The molecule has 4 nitrogen and oxygen atoms in total. The van der Waals surface area contributed by atoms with Crippen LogP contribution in [-0.4, -0.2) is 40.9 Å². The first-order valence-corrected chi connectivity index (χ1v) is 7.21. The van der Waals surface area contributed by atoms with Crippen LogP contribution in [0, 0.1) is 0 Å². The first-order valence-electron chi connectivity index (χ1n) is 7.21. The zero-order valence-electron chi connectivity index (χ0n) is 11.3. The van der Waals surface area contributed by atoms with Gasteiger partial charge < -0.3 is 9.74 Å². The first kappa shape index (κ1) is 12.5. The van der Waals surface area contributed by atoms with E-state index in [2.05, 4.69) is 9.88 Å². The van der Waals surface area contributed by atoms with Crippen LogP contribution >= 0.6 is 0 Å². The number of benzene rings is 1. The Hall–Kier alpha value is -1.55. The minimum Gasteiger partial charge on any atom is -0.412 e. The number of hydrogen-bond donors (Lipinski definition) is 0. The average molecular weight is 259 g/mol. The van der Waals surface area contributed by atoms with Gasteiger partial charge in [-0.1, -0.05) is 18.6 Å². The molecule has 0 atom stereocenters. The van der Waals surface area contributed by atoms with Crippen molar-refractivity contribution in [1.29, 1.82) is 0 Å². The third-order valence-corrected chi connectivity index (χ3v) is 3.72. The predicted molar refractivity (Wildman–Crippen MR) is 76.1 cm³/mol. The quantitative estimate of drug-likeness (QED) is 0.772. The summed E-state index contributed by atoms with van der Waals surface area (Å²) >= 11 is 0. The molecule has 1 aromatic carbocycles. The fourth-order valence-electron chi connectivity index (χ4n) is 2.67. The molecule has 0 N–H and O–H groups in total. The summed E-state index contributed by atoms with van der Waals surface area (Å²) in [6.07, 6.45) is 6.94. The van der Waals surface area contributed by atoms with Gasteiger partial charge in [0.25, 0.3) is 0 Å². The maximum absolute atomic E-state index is 5.78. The van der Waals surface area contributed by atoms with Gasteiger partial charge in [0.05, 0.1) is 5.52 Å². The lowest BCUT2D eigenvalue weighted by Crippen LogP contribution is -2.31. The number of aromatic nitrogens is 2. The molecule has 1 aromatic heterocycles. The summed E-state index contributed by atoms with van der Waals surface area (Å²) in [7, 11) is 0. The van der Waals surface area contributed by atoms with E-state index in [1.807, 2.05) is 24.3 Å². The Morgan fingerprint density at radius 3 is 2.84 bits per heavy atom. The summed E-state index contributed by atoms with van der Waals surface area (Å²) in [5.41, 5.74) is 2.03. The van der Waals surface area contributed by atoms with Gasteiger partial charge in [-0.05, 0) is 44.5 Å². The highest BCUT2D eigenvalue weighted by molar-refractivity contribution is 5.74. The molecule has 0 saturated carbocycles. The SMILES string of the molecule is c1ccc2c(c1)ncn2OCCCN1CCCCC1. The van der Waals surface area contributed by atoms with Gasteiger partial charge in [0, 0.05) is 6.54 Å². The van der Waals surface area contributed by atoms with Gasteiger partial charge in [0.2, 0.25) is 0 Å². The maximum atomic E-state index is 5.78. The Bertz CT molecular complexity index is 517. The van der Waals surface area contributed by atoms with Crippen LogP contribution in [0.25, 0.3) is 11.0 Å². The van der Waals surface area contributed by atoms with E-state index in [1.165, 1.54) is 32.4 Å². The molecule has 2 heterocycles. The van der Waals surface area contributed by atoms with Gasteiger partial charge in [-0.3, -0.25) is 0 Å². The molecule has 1 saturated heterocycles. The minimum atomic E-state index is 0.747. The summed E-state index contributed by atoms with van der Waals surface area (Å²) < 4.78 is 1.78. The van der Waals surface area contributed by atoms with Crippen molar-refractivity contribution in [2.75, 3.05) is 26.2 Å². The second-order valence-corrected chi connectivity index (χ2v) is 5.15. The number of nitrogens with zero attached hydrogens (tertiary/aromatic N) is 3. The fourth-order valence-corrected chi connectivity index (χ4v) is 2.67. The van der Waals surface area contributed by atoms with Gasteiger partial charge in [0.15, 0.2) is 0 Å². The summed E-state index contributed by atoms with van der Waals surface area (Å²) in [6, 6.07) is 8.05. The first-order chi connectivity index (χ1) is 9.43. The molecule has 0 bridgehead atoms. The van der Waals surface area contributed by atoms with Gasteiger partial charge >= 0.3 is 0 Å². The Kier molecular flexibility index (Phi) is 3.98. The van der Waals surface area contributed by atoms with Crippen LogP contribution in [0.3, 0.4) is 0 Å². The Morgan fingerprint density at radius 1 is 1.11 bits per heavy atom. The second-order valence-electron chi connectivity index (χ2n) is 5.15. The standard InChI is InChI=1S/C15H21N3O/c1-4-9-17(10-5-1)11-6-12-19-18-13-16-14-7-2-3-8-15(14)18/h2-3,7-8,13H,1,4-6,9-12H2. The van der Waals surface area contributed by atoms with Gasteiger partial charge in [-0.15, -0.1) is 0 Å². The molecule has 0 unspecified atom stereocenters. The molecule has 2 aromatic rings. The van der Waals surface area contributed by atoms with E-state index in [0.29, 0.717) is 0 Å². The maximum Gasteiger partial charge on any atom is 0.133 e. The molecule has 0 spiro atoms. The Morgan fingerprint density at radius 2 is 1.95 bits per heavy atom. The molecule has 4 heteroatoms. The van der Waals surface area contributed by atoms with E-state index in [0.717, 1.165) is 30.6 Å². The summed E-state index contributed by atoms with van der Waals surface area (Å²) in [5.74, 6) is 0. The summed E-state index contributed by atoms with van der Waals surface area (Å²) in [6.45, 7) is 4.41. The molecule has 0 aliphatic carbocycles. The number of fused-ring (bicyclic) bond motifs is 1. The Labute approximate surface area is 113 Å². The van der Waals surface area contributed by atoms with Crippen molar-refractivity contribution < 1.29 is 4.84 Å². The van der Waals surface area contributed by atoms with Crippen LogP contribution in [0.1, 0.15) is 25.7 Å². The normalized spacial score (nSPS) is 16.8. The lowest BCUT2D eigenvalue weighted by Gasteiger charge is -2.26. The smallest absolute Gasteiger partial charge is 0.133 e. The number of hydrogen-bond acceptors (Lipinski definition) is 3. The second kappa shape index (κ2) is 6.06. The molecule has 1 aliphatic heterocycles. The third-order valence-electron chi connectivity index (χ3n) is 3.72. The highest BCUT2D eigenvalue weighted by Crippen LogP contribution is 2.11. The lowest BCUT2D eigenvalue weighted by atomic mass is 10.1. The van der Waals surface area contributed by atoms with Crippen LogP contribution < -0.4 is 4.84 Å².